The van der Waals surface area contributed by atoms with E-state index in [1.165, 1.54) is 11.6 Å². The molecule has 10 heteroatoms. The summed E-state index contributed by atoms with van der Waals surface area (Å²) in [7, 11) is 1.46. The second-order valence-electron chi connectivity index (χ2n) is 6.42. The van der Waals surface area contributed by atoms with Gasteiger partial charge in [-0.3, -0.25) is 13.9 Å². The van der Waals surface area contributed by atoms with Gasteiger partial charge in [0.1, 0.15) is 5.75 Å². The molecule has 0 amide bonds. The van der Waals surface area contributed by atoms with Crippen LogP contribution in [0.15, 0.2) is 33.9 Å². The Morgan fingerprint density at radius 1 is 1.21 bits per heavy atom. The first-order chi connectivity index (χ1) is 13.4. The van der Waals surface area contributed by atoms with E-state index in [2.05, 4.69) is 4.98 Å². The van der Waals surface area contributed by atoms with E-state index in [1.54, 1.807) is 4.57 Å². The molecule has 0 radical (unpaired) electrons. The van der Waals surface area contributed by atoms with E-state index >= 15 is 0 Å². The molecule has 0 bridgehead atoms. The first-order valence-corrected chi connectivity index (χ1v) is 8.82. The Hall–Kier alpha value is -3.56. The summed E-state index contributed by atoms with van der Waals surface area (Å²) in [5, 5.41) is 10.9. The van der Waals surface area contributed by atoms with Crippen molar-refractivity contribution in [2.24, 2.45) is 7.05 Å². The molecule has 4 rings (SSSR count). The molecule has 0 atom stereocenters. The van der Waals surface area contributed by atoms with E-state index in [9.17, 15) is 19.5 Å². The second-order valence-corrected chi connectivity index (χ2v) is 6.42. The van der Waals surface area contributed by atoms with Crippen LogP contribution in [0.5, 0.6) is 5.75 Å². The highest BCUT2D eigenvalue weighted by Gasteiger charge is 2.28. The molecule has 1 aliphatic rings. The zero-order chi connectivity index (χ0) is 20.0. The first kappa shape index (κ1) is 17.8. The van der Waals surface area contributed by atoms with E-state index in [-0.39, 0.29) is 11.2 Å². The number of aromatic nitrogens is 4. The fraction of sp³-hybridized carbons (Fsp3) is 0.333. The number of ether oxygens (including phenoxy) is 1. The zero-order valence-electron chi connectivity index (χ0n) is 15.4. The first-order valence-electron chi connectivity index (χ1n) is 8.82. The molecular formula is C18H18N5O5-. The summed E-state index contributed by atoms with van der Waals surface area (Å²) in [6, 6.07) is 7.50. The minimum absolute atomic E-state index is 0.201. The molecule has 28 heavy (non-hydrogen) atoms. The number of hydrogen-bond donors (Lipinski definition) is 0. The Kier molecular flexibility index (Phi) is 4.17. The van der Waals surface area contributed by atoms with E-state index in [0.29, 0.717) is 30.2 Å². The molecule has 0 spiro atoms. The van der Waals surface area contributed by atoms with Gasteiger partial charge in [0.25, 0.3) is 5.56 Å². The molecule has 0 unspecified atom stereocenters. The molecule has 146 valence electrons. The van der Waals surface area contributed by atoms with Crippen LogP contribution < -0.4 is 26.0 Å². The number of imidazole rings is 1. The monoisotopic (exact) mass is 384 g/mol. The topological polar surface area (TPSA) is 114 Å². The van der Waals surface area contributed by atoms with Gasteiger partial charge in [0, 0.05) is 25.8 Å². The summed E-state index contributed by atoms with van der Waals surface area (Å²) in [5.41, 5.74) is -0.139. The standard InChI is InChI=1S/C18H19N5O5/c1-3-28-12-6-4-11(5-7-12)21-8-9-22-14-15(19-17(21)22)20(2)18(27)23(16(14)26)10-13(24)25/h4-7H,3,8-10H2,1-2H3,(H,24,25)/p-1. The van der Waals surface area contributed by atoms with Gasteiger partial charge >= 0.3 is 5.69 Å². The van der Waals surface area contributed by atoms with Crippen LogP contribution in [-0.4, -0.2) is 37.8 Å². The quantitative estimate of drug-likeness (QED) is 0.565. The van der Waals surface area contributed by atoms with Crippen molar-refractivity contribution < 1.29 is 14.6 Å². The summed E-state index contributed by atoms with van der Waals surface area (Å²) in [4.78, 5) is 42.5. The number of aliphatic carboxylic acids is 1. The Labute approximate surface area is 158 Å². The van der Waals surface area contributed by atoms with Gasteiger partial charge in [0.15, 0.2) is 11.2 Å². The van der Waals surface area contributed by atoms with Gasteiger partial charge in [-0.15, -0.1) is 0 Å². The third-order valence-electron chi connectivity index (χ3n) is 4.75. The third-order valence-corrected chi connectivity index (χ3v) is 4.75. The Morgan fingerprint density at radius 3 is 2.57 bits per heavy atom. The number of carboxylic acids is 1. The van der Waals surface area contributed by atoms with Crippen molar-refractivity contribution in [3.8, 4) is 5.75 Å². The summed E-state index contributed by atoms with van der Waals surface area (Å²) in [6.07, 6.45) is 0. The Balaban J connectivity index is 1.85. The SMILES string of the molecule is CCOc1ccc(N2CCn3c2nc2c3c(=O)n(CC(=O)[O-])c(=O)n2C)cc1. The number of aryl methyl sites for hydroxylation is 1. The summed E-state index contributed by atoms with van der Waals surface area (Å²) < 4.78 is 9.00. The normalized spacial score (nSPS) is 13.1. The maximum atomic E-state index is 12.8. The molecule has 0 aliphatic carbocycles. The fourth-order valence-corrected chi connectivity index (χ4v) is 3.48. The van der Waals surface area contributed by atoms with Crippen LogP contribution >= 0.6 is 0 Å². The average Bonchev–Trinajstić information content (AvgIpc) is 3.23. The predicted molar refractivity (Wildman–Crippen MR) is 98.9 cm³/mol. The number of carbonyl (C=O) groups is 1. The van der Waals surface area contributed by atoms with Gasteiger partial charge in [-0.05, 0) is 31.2 Å². The molecule has 1 aromatic carbocycles. The summed E-state index contributed by atoms with van der Waals surface area (Å²) in [6.45, 7) is 2.76. The van der Waals surface area contributed by atoms with Gasteiger partial charge in [-0.25, -0.2) is 4.79 Å². The van der Waals surface area contributed by atoms with Crippen LogP contribution in [0.3, 0.4) is 0 Å². The third kappa shape index (κ3) is 2.65. The fourth-order valence-electron chi connectivity index (χ4n) is 3.48. The summed E-state index contributed by atoms with van der Waals surface area (Å²) >= 11 is 0. The number of carboxylic acid groups (broad SMARTS) is 1. The predicted octanol–water partition coefficient (Wildman–Crippen LogP) is -0.803. The molecule has 0 saturated carbocycles. The van der Waals surface area contributed by atoms with E-state index in [4.69, 9.17) is 4.74 Å². The molecule has 0 saturated heterocycles. The van der Waals surface area contributed by atoms with E-state index in [1.807, 2.05) is 36.1 Å². The van der Waals surface area contributed by atoms with Crippen molar-refractivity contribution >= 4 is 28.8 Å². The molecule has 0 N–H and O–H groups in total. The molecule has 3 heterocycles. The summed E-state index contributed by atoms with van der Waals surface area (Å²) in [5.74, 6) is -0.223. The lowest BCUT2D eigenvalue weighted by atomic mass is 10.3. The average molecular weight is 384 g/mol. The Bertz CT molecular complexity index is 1190. The van der Waals surface area contributed by atoms with Crippen molar-refractivity contribution in [3.63, 3.8) is 0 Å². The number of rotatable bonds is 5. The zero-order valence-corrected chi connectivity index (χ0v) is 15.4. The van der Waals surface area contributed by atoms with Gasteiger partial charge in [-0.2, -0.15) is 4.98 Å². The van der Waals surface area contributed by atoms with E-state index < -0.39 is 23.8 Å². The highest BCUT2D eigenvalue weighted by Crippen LogP contribution is 2.32. The number of nitrogens with zero attached hydrogens (tertiary/aromatic N) is 5. The maximum absolute atomic E-state index is 12.8. The van der Waals surface area contributed by atoms with Gasteiger partial charge in [0.2, 0.25) is 5.95 Å². The molecular weight excluding hydrogens is 366 g/mol. The highest BCUT2D eigenvalue weighted by molar-refractivity contribution is 5.78. The second kappa shape index (κ2) is 6.55. The number of anilines is 2. The van der Waals surface area contributed by atoms with Crippen LogP contribution in [0, 0.1) is 0 Å². The molecule has 10 nitrogen and oxygen atoms in total. The molecule has 1 aliphatic heterocycles. The van der Waals surface area contributed by atoms with Crippen LogP contribution in [0.2, 0.25) is 0 Å². The van der Waals surface area contributed by atoms with Crippen LogP contribution in [0.25, 0.3) is 11.2 Å². The molecule has 0 fully saturated rings. The van der Waals surface area contributed by atoms with Gasteiger partial charge < -0.3 is 24.1 Å². The highest BCUT2D eigenvalue weighted by atomic mass is 16.5. The maximum Gasteiger partial charge on any atom is 0.332 e. The van der Waals surface area contributed by atoms with Crippen LogP contribution in [0.1, 0.15) is 6.92 Å². The lowest BCUT2D eigenvalue weighted by Gasteiger charge is -2.16. The van der Waals surface area contributed by atoms with Crippen molar-refractivity contribution in [1.29, 1.82) is 0 Å². The van der Waals surface area contributed by atoms with Crippen molar-refractivity contribution in [1.82, 2.24) is 18.7 Å². The lowest BCUT2D eigenvalue weighted by molar-refractivity contribution is -0.306. The van der Waals surface area contributed by atoms with Crippen molar-refractivity contribution in [2.75, 3.05) is 18.1 Å². The number of carbonyl (C=O) groups excluding carboxylic acids is 1. The number of hydrogen-bond acceptors (Lipinski definition) is 7. The van der Waals surface area contributed by atoms with Gasteiger partial charge in [-0.1, -0.05) is 0 Å². The smallest absolute Gasteiger partial charge is 0.332 e. The number of benzene rings is 1. The minimum Gasteiger partial charge on any atom is -0.548 e. The minimum atomic E-state index is -1.50. The Morgan fingerprint density at radius 2 is 1.93 bits per heavy atom. The number of fused-ring (bicyclic) bond motifs is 3. The van der Waals surface area contributed by atoms with E-state index in [0.717, 1.165) is 11.4 Å². The molecule has 3 aromatic rings. The molecule has 2 aromatic heterocycles. The van der Waals surface area contributed by atoms with Crippen LogP contribution in [-0.2, 0) is 24.9 Å². The van der Waals surface area contributed by atoms with Crippen LogP contribution in [0.4, 0.5) is 11.6 Å². The van der Waals surface area contributed by atoms with Crippen molar-refractivity contribution in [2.45, 2.75) is 20.0 Å². The van der Waals surface area contributed by atoms with Crippen molar-refractivity contribution in [3.05, 3.63) is 45.1 Å². The van der Waals surface area contributed by atoms with Gasteiger partial charge in [0.05, 0.1) is 19.1 Å². The lowest BCUT2D eigenvalue weighted by Crippen LogP contribution is -2.44. The largest absolute Gasteiger partial charge is 0.548 e.